The highest BCUT2D eigenvalue weighted by atomic mass is 32.2. The molecule has 0 unspecified atom stereocenters. The van der Waals surface area contributed by atoms with E-state index in [0.717, 1.165) is 28.2 Å². The molecule has 4 nitrogen and oxygen atoms in total. The number of rotatable bonds is 4. The molecule has 0 radical (unpaired) electrons. The zero-order valence-corrected chi connectivity index (χ0v) is 29.5. The van der Waals surface area contributed by atoms with Crippen LogP contribution in [0.2, 0.25) is 0 Å². The molecule has 7 aromatic carbocycles. The predicted molar refractivity (Wildman–Crippen MR) is 223 cm³/mol. The lowest BCUT2D eigenvalue weighted by molar-refractivity contribution is 1.14. The topological polar surface area (TPSA) is 22.6 Å². The molecule has 3 aliphatic heterocycles. The summed E-state index contributed by atoms with van der Waals surface area (Å²) in [4.78, 5) is 14.2. The molecule has 0 fully saturated rings. The van der Waals surface area contributed by atoms with Crippen molar-refractivity contribution in [3.05, 3.63) is 188 Å². The van der Waals surface area contributed by atoms with Crippen LogP contribution in [-0.4, -0.2) is 11.7 Å². The van der Waals surface area contributed by atoms with Crippen molar-refractivity contribution in [1.82, 2.24) is 4.98 Å². The molecule has 53 heavy (non-hydrogen) atoms. The Kier molecular flexibility index (Phi) is 6.85. The number of hydrogen-bond acceptors (Lipinski definition) is 5. The quantitative estimate of drug-likeness (QED) is 0.171. The summed E-state index contributed by atoms with van der Waals surface area (Å²) in [5, 5.41) is 0. The van der Waals surface area contributed by atoms with E-state index in [0.29, 0.717) is 0 Å². The van der Waals surface area contributed by atoms with Crippen molar-refractivity contribution in [3.63, 3.8) is 0 Å². The van der Waals surface area contributed by atoms with Crippen molar-refractivity contribution < 1.29 is 0 Å². The smallest absolute Gasteiger partial charge is 0.252 e. The van der Waals surface area contributed by atoms with Crippen LogP contribution in [0.25, 0.3) is 11.1 Å². The summed E-state index contributed by atoms with van der Waals surface area (Å²) in [6.45, 7) is 0.0588. The van der Waals surface area contributed by atoms with E-state index < -0.39 is 0 Å². The Morgan fingerprint density at radius 3 is 1.60 bits per heavy atom. The zero-order valence-electron chi connectivity index (χ0n) is 28.7. The highest BCUT2D eigenvalue weighted by Gasteiger charge is 2.46. The largest absolute Gasteiger partial charge is 0.311 e. The van der Waals surface area contributed by atoms with Crippen LogP contribution < -0.4 is 31.1 Å². The number of nitrogens with zero attached hydrogens (tertiary/aromatic N) is 4. The van der Waals surface area contributed by atoms with Crippen LogP contribution in [0.4, 0.5) is 51.2 Å². The van der Waals surface area contributed by atoms with Crippen LogP contribution >= 0.6 is 11.8 Å². The minimum absolute atomic E-state index is 0.0588. The highest BCUT2D eigenvalue weighted by Crippen LogP contribution is 2.58. The van der Waals surface area contributed by atoms with Crippen LogP contribution in [0.3, 0.4) is 0 Å². The van der Waals surface area contributed by atoms with Gasteiger partial charge in [-0.05, 0) is 106 Å². The maximum Gasteiger partial charge on any atom is 0.252 e. The van der Waals surface area contributed by atoms with Gasteiger partial charge in [-0.2, -0.15) is 0 Å². The molecule has 0 saturated carbocycles. The maximum atomic E-state index is 4.24. The third kappa shape index (κ3) is 4.62. The van der Waals surface area contributed by atoms with Gasteiger partial charge in [0, 0.05) is 51.4 Å². The van der Waals surface area contributed by atoms with E-state index in [-0.39, 0.29) is 6.71 Å². The number of fused-ring (bicyclic) bond motifs is 7. The van der Waals surface area contributed by atoms with Crippen molar-refractivity contribution in [1.29, 1.82) is 0 Å². The normalized spacial score (nSPS) is 13.4. The summed E-state index contributed by atoms with van der Waals surface area (Å²) in [6.07, 6.45) is 3.71. The standard InChI is InChI=1S/C47H31BN4S/c1-3-13-34(14-4-1)50-39-19-9-7-17-37(39)48-38-18-8-10-20-40(38)52(35-15-5-2-6-16-35)46-45(48)42(50)31-43-47(46)53-44-22-12-11-21-41(44)51(43)36-25-23-32(24-26-36)33-27-29-49-30-28-33/h1-31H. The first-order chi connectivity index (χ1) is 26.3. The summed E-state index contributed by atoms with van der Waals surface area (Å²) >= 11 is 1.88. The first-order valence-electron chi connectivity index (χ1n) is 18.0. The fourth-order valence-corrected chi connectivity index (χ4v) is 9.67. The molecule has 3 aliphatic rings. The van der Waals surface area contributed by atoms with E-state index >= 15 is 0 Å². The van der Waals surface area contributed by atoms with Gasteiger partial charge in [0.05, 0.1) is 22.0 Å². The molecule has 248 valence electrons. The molecule has 0 spiro atoms. The molecule has 8 aromatic rings. The van der Waals surface area contributed by atoms with Gasteiger partial charge in [0.2, 0.25) is 0 Å². The number of benzene rings is 7. The highest BCUT2D eigenvalue weighted by molar-refractivity contribution is 8.00. The lowest BCUT2D eigenvalue weighted by atomic mass is 9.33. The fourth-order valence-electron chi connectivity index (χ4n) is 8.49. The van der Waals surface area contributed by atoms with Gasteiger partial charge in [-0.15, -0.1) is 0 Å². The van der Waals surface area contributed by atoms with Gasteiger partial charge < -0.3 is 14.7 Å². The Morgan fingerprint density at radius 1 is 0.415 bits per heavy atom. The number of para-hydroxylation sites is 5. The van der Waals surface area contributed by atoms with Crippen molar-refractivity contribution in [2.75, 3.05) is 14.7 Å². The minimum Gasteiger partial charge on any atom is -0.311 e. The average Bonchev–Trinajstić information content (AvgIpc) is 3.23. The van der Waals surface area contributed by atoms with E-state index in [9.17, 15) is 0 Å². The van der Waals surface area contributed by atoms with E-state index in [1.54, 1.807) is 0 Å². The van der Waals surface area contributed by atoms with Crippen molar-refractivity contribution in [2.45, 2.75) is 9.79 Å². The second kappa shape index (κ2) is 12.0. The molecule has 11 rings (SSSR count). The predicted octanol–water partition coefficient (Wildman–Crippen LogP) is 10.8. The van der Waals surface area contributed by atoms with Gasteiger partial charge in [-0.25, -0.2) is 0 Å². The minimum atomic E-state index is 0.0588. The Bertz CT molecular complexity index is 2660. The molecule has 4 heterocycles. The second-order valence-corrected chi connectivity index (χ2v) is 14.6. The van der Waals surface area contributed by atoms with Crippen LogP contribution in [0, 0.1) is 0 Å². The van der Waals surface area contributed by atoms with Gasteiger partial charge in [0.15, 0.2) is 0 Å². The first kappa shape index (κ1) is 30.2. The fraction of sp³-hybridized carbons (Fsp3) is 0. The SMILES string of the molecule is c1ccc(N2c3ccccc3B3c4ccccc4N(c4ccccc4)c4c5c(cc2c43)N(c2ccc(-c3ccncc3)cc2)c2ccccc2S5)cc1. The third-order valence-corrected chi connectivity index (χ3v) is 11.9. The average molecular weight is 695 g/mol. The lowest BCUT2D eigenvalue weighted by Gasteiger charge is -2.47. The Balaban J connectivity index is 1.25. The Hall–Kier alpha value is -6.50. The summed E-state index contributed by atoms with van der Waals surface area (Å²) in [6, 6.07) is 64.1. The van der Waals surface area contributed by atoms with Crippen LogP contribution in [-0.2, 0) is 0 Å². The van der Waals surface area contributed by atoms with Crippen LogP contribution in [0.15, 0.2) is 198 Å². The van der Waals surface area contributed by atoms with E-state index in [4.69, 9.17) is 0 Å². The number of hydrogen-bond donors (Lipinski definition) is 0. The maximum absolute atomic E-state index is 4.24. The molecule has 0 saturated heterocycles. The molecular weight excluding hydrogens is 663 g/mol. The van der Waals surface area contributed by atoms with Gasteiger partial charge in [-0.3, -0.25) is 4.98 Å². The summed E-state index contributed by atoms with van der Waals surface area (Å²) in [5.74, 6) is 0. The monoisotopic (exact) mass is 694 g/mol. The molecule has 0 amide bonds. The molecular formula is C47H31BN4S. The molecule has 0 N–H and O–H groups in total. The molecule has 6 heteroatoms. The summed E-state index contributed by atoms with van der Waals surface area (Å²) in [5.41, 5.74) is 16.9. The van der Waals surface area contributed by atoms with Crippen LogP contribution in [0.5, 0.6) is 0 Å². The molecule has 0 aliphatic carbocycles. The van der Waals surface area contributed by atoms with Gasteiger partial charge in [0.1, 0.15) is 0 Å². The van der Waals surface area contributed by atoms with E-state index in [1.807, 2.05) is 24.2 Å². The lowest BCUT2D eigenvalue weighted by Crippen LogP contribution is -2.61. The second-order valence-electron chi connectivity index (χ2n) is 13.6. The van der Waals surface area contributed by atoms with Crippen LogP contribution in [0.1, 0.15) is 0 Å². The Labute approximate surface area is 313 Å². The molecule has 0 bridgehead atoms. The molecule has 0 atom stereocenters. The van der Waals surface area contributed by atoms with E-state index in [2.05, 4.69) is 196 Å². The van der Waals surface area contributed by atoms with Gasteiger partial charge in [0.25, 0.3) is 6.71 Å². The number of pyridine rings is 1. The number of anilines is 9. The van der Waals surface area contributed by atoms with Gasteiger partial charge in [-0.1, -0.05) is 109 Å². The summed E-state index contributed by atoms with van der Waals surface area (Å²) < 4.78 is 0. The van der Waals surface area contributed by atoms with Gasteiger partial charge >= 0.3 is 0 Å². The Morgan fingerprint density at radius 2 is 0.925 bits per heavy atom. The summed E-state index contributed by atoms with van der Waals surface area (Å²) in [7, 11) is 0. The first-order valence-corrected chi connectivity index (χ1v) is 18.8. The van der Waals surface area contributed by atoms with Crippen molar-refractivity contribution in [3.8, 4) is 11.1 Å². The van der Waals surface area contributed by atoms with E-state index in [1.165, 1.54) is 60.3 Å². The zero-order chi connectivity index (χ0) is 34.9. The third-order valence-electron chi connectivity index (χ3n) is 10.7. The molecule has 1 aromatic heterocycles. The van der Waals surface area contributed by atoms with Crippen molar-refractivity contribution in [2.24, 2.45) is 0 Å². The number of aromatic nitrogens is 1. The van der Waals surface area contributed by atoms with Crippen molar-refractivity contribution >= 4 is 86.0 Å².